The zero-order chi connectivity index (χ0) is 28.5. The quantitative estimate of drug-likeness (QED) is 0.184. The Hall–Kier alpha value is 0.588. The second-order valence-corrected chi connectivity index (χ2v) is 30.1. The Bertz CT molecular complexity index is 910. The predicted molar refractivity (Wildman–Crippen MR) is 168 cm³/mol. The Labute approximate surface area is 253 Å². The van der Waals surface area contributed by atoms with Gasteiger partial charge in [0.05, 0.1) is 36.6 Å². The molecule has 0 aromatic heterocycles. The van der Waals surface area contributed by atoms with E-state index in [0.717, 1.165) is 41.9 Å². The second-order valence-electron chi connectivity index (χ2n) is 15.6. The van der Waals surface area contributed by atoms with E-state index in [1.54, 1.807) is 0 Å². The van der Waals surface area contributed by atoms with E-state index in [1.807, 2.05) is 0 Å². The molecule has 11 atom stereocenters. The zero-order valence-electron chi connectivity index (χ0n) is 26.4. The first kappa shape index (κ1) is 30.3. The maximum atomic E-state index is 7.47. The molecule has 0 aromatic carbocycles. The van der Waals surface area contributed by atoms with E-state index in [0.29, 0.717) is 36.6 Å². The first-order chi connectivity index (χ1) is 19.5. The van der Waals surface area contributed by atoms with Gasteiger partial charge in [0.2, 0.25) is 0 Å². The average Bonchev–Trinajstić information content (AvgIpc) is 3.81. The lowest BCUT2D eigenvalue weighted by Crippen LogP contribution is -2.67. The molecule has 3 aliphatic carbocycles. The highest BCUT2D eigenvalue weighted by Gasteiger charge is 2.57. The van der Waals surface area contributed by atoms with Crippen molar-refractivity contribution < 1.29 is 30.7 Å². The van der Waals surface area contributed by atoms with Crippen LogP contribution in [-0.4, -0.2) is 70.9 Å². The van der Waals surface area contributed by atoms with Gasteiger partial charge in [0, 0.05) is 0 Å². The minimum Gasteiger partial charge on any atom is -0.416 e. The summed E-state index contributed by atoms with van der Waals surface area (Å²) in [4.78, 5) is 0. The van der Waals surface area contributed by atoms with E-state index < -0.39 is 34.2 Å². The highest BCUT2D eigenvalue weighted by molar-refractivity contribution is 6.93. The first-order valence-electron chi connectivity index (χ1n) is 17.3. The van der Waals surface area contributed by atoms with Crippen molar-refractivity contribution in [1.29, 1.82) is 0 Å². The molecule has 0 amide bonds. The first-order valence-corrected chi connectivity index (χ1v) is 27.4. The number of epoxide rings is 3. The summed E-state index contributed by atoms with van der Waals surface area (Å²) in [6.07, 6.45) is 18.1. The van der Waals surface area contributed by atoms with Crippen LogP contribution < -0.4 is 0 Å². The SMILES string of the molecule is CC[Si]1(C)O[Si](C)(CCC2CCC3OC3C2)O[Si](C)(CCC2CCC3OC3C2)O[Si](C)(CCC2CCC3OC3C2)O1. The number of ether oxygens (including phenoxy) is 3. The molecule has 0 bridgehead atoms. The molecule has 0 aromatic rings. The standard InChI is InChI=1S/C30H56O7Si4/c1-6-38(2)34-39(3,16-13-22-7-10-25-28(19-22)31-25)36-41(5,18-15-24-9-12-27-30(21-24)33-27)37-40(4,35-38)17-14-23-8-11-26-29(20-23)32-26/h22-30H,6-21H2,1-5H3. The lowest BCUT2D eigenvalue weighted by Gasteiger charge is -2.51. The molecule has 0 radical (unpaired) electrons. The van der Waals surface area contributed by atoms with Crippen molar-refractivity contribution in [3.8, 4) is 0 Å². The van der Waals surface area contributed by atoms with Crippen LogP contribution in [0.5, 0.6) is 0 Å². The number of hydrogen-bond donors (Lipinski definition) is 0. The van der Waals surface area contributed by atoms with Gasteiger partial charge in [-0.3, -0.25) is 0 Å². The van der Waals surface area contributed by atoms with Crippen LogP contribution in [0.2, 0.25) is 50.4 Å². The van der Waals surface area contributed by atoms with Crippen molar-refractivity contribution >= 4 is 34.2 Å². The van der Waals surface area contributed by atoms with Crippen LogP contribution in [0.15, 0.2) is 0 Å². The van der Waals surface area contributed by atoms with Crippen molar-refractivity contribution in [3.05, 3.63) is 0 Å². The van der Waals surface area contributed by atoms with Gasteiger partial charge in [0.15, 0.2) is 0 Å². The van der Waals surface area contributed by atoms with Gasteiger partial charge in [0.1, 0.15) is 0 Å². The van der Waals surface area contributed by atoms with Crippen molar-refractivity contribution in [2.45, 2.75) is 171 Å². The Balaban J connectivity index is 1.06. The Kier molecular flexibility index (Phi) is 8.44. The summed E-state index contributed by atoms with van der Waals surface area (Å²) in [6, 6.07) is 4.11. The van der Waals surface area contributed by atoms with Crippen LogP contribution in [0, 0.1) is 17.8 Å². The van der Waals surface area contributed by atoms with Gasteiger partial charge in [0.25, 0.3) is 0 Å². The van der Waals surface area contributed by atoms with Gasteiger partial charge in [-0.15, -0.1) is 0 Å². The van der Waals surface area contributed by atoms with Gasteiger partial charge in [-0.1, -0.05) is 6.92 Å². The molecule has 11 unspecified atom stereocenters. The van der Waals surface area contributed by atoms with E-state index >= 15 is 0 Å². The third kappa shape index (κ3) is 7.36. The second kappa shape index (κ2) is 11.4. The molecule has 0 N–H and O–H groups in total. The monoisotopic (exact) mass is 640 g/mol. The summed E-state index contributed by atoms with van der Waals surface area (Å²) < 4.78 is 47.2. The Morgan fingerprint density at radius 1 is 0.439 bits per heavy atom. The van der Waals surface area contributed by atoms with Crippen LogP contribution in [0.25, 0.3) is 0 Å². The Morgan fingerprint density at radius 3 is 1.05 bits per heavy atom. The molecule has 7 fully saturated rings. The minimum atomic E-state index is -2.54. The number of hydrogen-bond acceptors (Lipinski definition) is 7. The molecule has 11 heteroatoms. The molecule has 4 heterocycles. The average molecular weight is 641 g/mol. The van der Waals surface area contributed by atoms with Crippen LogP contribution in [0.3, 0.4) is 0 Å². The smallest absolute Gasteiger partial charge is 0.317 e. The van der Waals surface area contributed by atoms with Gasteiger partial charge in [-0.25, -0.2) is 0 Å². The van der Waals surface area contributed by atoms with Crippen LogP contribution in [0.1, 0.15) is 84.0 Å². The fourth-order valence-electron chi connectivity index (χ4n) is 9.01. The summed E-state index contributed by atoms with van der Waals surface area (Å²) in [7, 11) is -9.98. The van der Waals surface area contributed by atoms with Crippen molar-refractivity contribution in [3.63, 3.8) is 0 Å². The maximum Gasteiger partial charge on any atom is 0.317 e. The highest BCUT2D eigenvalue weighted by Crippen LogP contribution is 2.47. The summed E-state index contributed by atoms with van der Waals surface area (Å²) in [5.41, 5.74) is 0. The maximum absolute atomic E-state index is 7.47. The van der Waals surface area contributed by atoms with E-state index in [-0.39, 0.29) is 0 Å². The third-order valence-electron chi connectivity index (χ3n) is 11.7. The fourth-order valence-corrected chi connectivity index (χ4v) is 32.2. The largest absolute Gasteiger partial charge is 0.416 e. The van der Waals surface area contributed by atoms with Crippen molar-refractivity contribution in [2.24, 2.45) is 17.8 Å². The van der Waals surface area contributed by atoms with E-state index in [9.17, 15) is 0 Å². The van der Waals surface area contributed by atoms with Crippen LogP contribution >= 0.6 is 0 Å². The molecule has 4 aliphatic heterocycles. The molecule has 7 aliphatic rings. The molecule has 4 saturated heterocycles. The van der Waals surface area contributed by atoms with Crippen LogP contribution in [0.4, 0.5) is 0 Å². The van der Waals surface area contributed by atoms with Gasteiger partial charge in [-0.05, 0) is 145 Å². The molecular formula is C30H56O7Si4. The van der Waals surface area contributed by atoms with Gasteiger partial charge < -0.3 is 30.7 Å². The molecule has 41 heavy (non-hydrogen) atoms. The third-order valence-corrected chi connectivity index (χ3v) is 30.4. The fraction of sp³-hybridized carbons (Fsp3) is 1.00. The lowest BCUT2D eigenvalue weighted by molar-refractivity contribution is 0.214. The topological polar surface area (TPSA) is 74.5 Å². The number of rotatable bonds is 10. The van der Waals surface area contributed by atoms with Gasteiger partial charge in [-0.2, -0.15) is 0 Å². The molecule has 7 nitrogen and oxygen atoms in total. The predicted octanol–water partition coefficient (Wildman–Crippen LogP) is 7.25. The number of fused-ring (bicyclic) bond motifs is 3. The molecule has 3 saturated carbocycles. The van der Waals surface area contributed by atoms with E-state index in [2.05, 4.69) is 33.1 Å². The molecular weight excluding hydrogens is 585 g/mol. The van der Waals surface area contributed by atoms with E-state index in [4.69, 9.17) is 30.7 Å². The molecule has 234 valence electrons. The summed E-state index contributed by atoms with van der Waals surface area (Å²) in [6.45, 7) is 11.7. The summed E-state index contributed by atoms with van der Waals surface area (Å²) >= 11 is 0. The highest BCUT2D eigenvalue weighted by atomic mass is 28.5. The molecule has 7 rings (SSSR count). The minimum absolute atomic E-state index is 0.528. The Morgan fingerprint density at radius 2 is 0.756 bits per heavy atom. The molecule has 0 spiro atoms. The summed E-state index contributed by atoms with van der Waals surface area (Å²) in [5.74, 6) is 2.22. The summed E-state index contributed by atoms with van der Waals surface area (Å²) in [5, 5.41) is 0. The lowest BCUT2D eigenvalue weighted by atomic mass is 9.88. The van der Waals surface area contributed by atoms with E-state index in [1.165, 1.54) is 77.0 Å². The van der Waals surface area contributed by atoms with Gasteiger partial charge >= 0.3 is 34.2 Å². The van der Waals surface area contributed by atoms with Crippen LogP contribution in [-0.2, 0) is 30.7 Å². The normalized spacial score (nSPS) is 54.2. The zero-order valence-corrected chi connectivity index (χ0v) is 30.4. The van der Waals surface area contributed by atoms with Crippen molar-refractivity contribution in [1.82, 2.24) is 0 Å². The van der Waals surface area contributed by atoms with Crippen molar-refractivity contribution in [2.75, 3.05) is 0 Å².